The minimum Gasteiger partial charge on any atom is -0.497 e. The number of hydrogen-bond donors (Lipinski definition) is 2. The molecule has 1 aliphatic carbocycles. The van der Waals surface area contributed by atoms with Gasteiger partial charge in [0.25, 0.3) is 0 Å². The predicted molar refractivity (Wildman–Crippen MR) is 73.9 cm³/mol. The third-order valence-corrected chi connectivity index (χ3v) is 3.34. The average molecular weight is 264 g/mol. The van der Waals surface area contributed by atoms with Gasteiger partial charge in [-0.15, -0.1) is 0 Å². The van der Waals surface area contributed by atoms with Gasteiger partial charge in [0.15, 0.2) is 0 Å². The molecule has 1 aromatic rings. The maximum Gasteiger partial charge on any atom is 0.319 e. The molecule has 0 heterocycles. The fourth-order valence-corrected chi connectivity index (χ4v) is 1.99. The lowest BCUT2D eigenvalue weighted by molar-refractivity contribution is 0.248. The van der Waals surface area contributed by atoms with Gasteiger partial charge in [-0.2, -0.15) is 0 Å². The van der Waals surface area contributed by atoms with Crippen LogP contribution in [0.2, 0.25) is 0 Å². The Labute approximate surface area is 113 Å². The molecule has 2 rings (SSSR count). The number of carbonyl (C=O) groups is 1. The first-order chi connectivity index (χ1) is 9.13. The summed E-state index contributed by atoms with van der Waals surface area (Å²) in [6.45, 7) is 2.03. The van der Waals surface area contributed by atoms with Gasteiger partial charge in [0.2, 0.25) is 0 Å². The van der Waals surface area contributed by atoms with Crippen LogP contribution < -0.4 is 20.1 Å². The molecule has 0 aliphatic heterocycles. The molecule has 1 atom stereocenters. The molecule has 1 aromatic carbocycles. The summed E-state index contributed by atoms with van der Waals surface area (Å²) in [5.74, 6) is 1.90. The fraction of sp³-hybridized carbons (Fsp3) is 0.500. The molecule has 1 unspecified atom stereocenters. The molecule has 2 N–H and O–H groups in total. The zero-order chi connectivity index (χ0) is 13.8. The second-order valence-electron chi connectivity index (χ2n) is 4.79. The maximum atomic E-state index is 11.9. The van der Waals surface area contributed by atoms with Crippen LogP contribution in [0.25, 0.3) is 0 Å². The van der Waals surface area contributed by atoms with E-state index in [1.807, 2.05) is 6.92 Å². The summed E-state index contributed by atoms with van der Waals surface area (Å²) in [5, 5.41) is 5.73. The van der Waals surface area contributed by atoms with Crippen LogP contribution in [-0.2, 0) is 0 Å². The lowest BCUT2D eigenvalue weighted by Gasteiger charge is -2.15. The summed E-state index contributed by atoms with van der Waals surface area (Å²) in [6.07, 6.45) is 2.40. The standard InChI is InChI=1S/C14H20N2O3/c1-9(10-4-5-10)15-14(17)16-12-8-11(18-2)6-7-13(12)19-3/h6-10H,4-5H2,1-3H3,(H2,15,16,17). The molecule has 0 spiro atoms. The van der Waals surface area contributed by atoms with E-state index in [9.17, 15) is 4.79 Å². The quantitative estimate of drug-likeness (QED) is 0.859. The van der Waals surface area contributed by atoms with Crippen molar-refractivity contribution in [2.24, 2.45) is 5.92 Å². The fourth-order valence-electron chi connectivity index (χ4n) is 1.99. The van der Waals surface area contributed by atoms with Crippen molar-refractivity contribution in [3.05, 3.63) is 18.2 Å². The zero-order valence-corrected chi connectivity index (χ0v) is 11.5. The molecule has 0 aromatic heterocycles. The van der Waals surface area contributed by atoms with Crippen molar-refractivity contribution in [3.63, 3.8) is 0 Å². The van der Waals surface area contributed by atoms with Crippen molar-refractivity contribution in [2.45, 2.75) is 25.8 Å². The Kier molecular flexibility index (Phi) is 4.14. The Morgan fingerprint density at radius 3 is 2.63 bits per heavy atom. The van der Waals surface area contributed by atoms with E-state index in [-0.39, 0.29) is 12.1 Å². The van der Waals surface area contributed by atoms with Crippen LogP contribution in [0.15, 0.2) is 18.2 Å². The third-order valence-electron chi connectivity index (χ3n) is 3.34. The van der Waals surface area contributed by atoms with E-state index in [2.05, 4.69) is 10.6 Å². The molecule has 19 heavy (non-hydrogen) atoms. The summed E-state index contributed by atoms with van der Waals surface area (Å²) in [6, 6.07) is 5.27. The first kappa shape index (κ1) is 13.5. The summed E-state index contributed by atoms with van der Waals surface area (Å²) >= 11 is 0. The summed E-state index contributed by atoms with van der Waals surface area (Å²) in [5.41, 5.74) is 0.599. The lowest BCUT2D eigenvalue weighted by atomic mass is 10.2. The van der Waals surface area contributed by atoms with E-state index in [4.69, 9.17) is 9.47 Å². The number of benzene rings is 1. The first-order valence-electron chi connectivity index (χ1n) is 6.43. The van der Waals surface area contributed by atoms with Crippen LogP contribution in [0, 0.1) is 5.92 Å². The molecule has 1 aliphatic rings. The van der Waals surface area contributed by atoms with Crippen LogP contribution in [0.5, 0.6) is 11.5 Å². The smallest absolute Gasteiger partial charge is 0.319 e. The zero-order valence-electron chi connectivity index (χ0n) is 11.5. The molecule has 1 fully saturated rings. The highest BCUT2D eigenvalue weighted by molar-refractivity contribution is 5.91. The molecule has 0 saturated heterocycles. The van der Waals surface area contributed by atoms with E-state index in [0.717, 1.165) is 0 Å². The molecule has 2 amide bonds. The van der Waals surface area contributed by atoms with Crippen molar-refractivity contribution >= 4 is 11.7 Å². The second kappa shape index (κ2) is 5.82. The SMILES string of the molecule is COc1ccc(OC)c(NC(=O)NC(C)C2CC2)c1. The van der Waals surface area contributed by atoms with Gasteiger partial charge in [-0.3, -0.25) is 0 Å². The predicted octanol–water partition coefficient (Wildman–Crippen LogP) is 2.62. The van der Waals surface area contributed by atoms with Crippen molar-refractivity contribution in [2.75, 3.05) is 19.5 Å². The first-order valence-corrected chi connectivity index (χ1v) is 6.43. The van der Waals surface area contributed by atoms with Crippen LogP contribution in [0.4, 0.5) is 10.5 Å². The summed E-state index contributed by atoms with van der Waals surface area (Å²) < 4.78 is 10.4. The summed E-state index contributed by atoms with van der Waals surface area (Å²) in [4.78, 5) is 11.9. The van der Waals surface area contributed by atoms with Gasteiger partial charge in [0.1, 0.15) is 11.5 Å². The Hall–Kier alpha value is -1.91. The number of carbonyl (C=O) groups excluding carboxylic acids is 1. The average Bonchev–Trinajstić information content (AvgIpc) is 3.22. The summed E-state index contributed by atoms with van der Waals surface area (Å²) in [7, 11) is 3.15. The normalized spacial score (nSPS) is 15.5. The van der Waals surface area contributed by atoms with Gasteiger partial charge in [-0.1, -0.05) is 0 Å². The van der Waals surface area contributed by atoms with Gasteiger partial charge in [0.05, 0.1) is 19.9 Å². The van der Waals surface area contributed by atoms with Gasteiger partial charge < -0.3 is 20.1 Å². The number of amides is 2. The molecule has 0 radical (unpaired) electrons. The second-order valence-corrected chi connectivity index (χ2v) is 4.79. The highest BCUT2D eigenvalue weighted by Crippen LogP contribution is 2.32. The number of hydrogen-bond acceptors (Lipinski definition) is 3. The van der Waals surface area contributed by atoms with E-state index in [1.54, 1.807) is 32.4 Å². The number of anilines is 1. The van der Waals surface area contributed by atoms with Crippen LogP contribution in [0.3, 0.4) is 0 Å². The minimum absolute atomic E-state index is 0.205. The monoisotopic (exact) mass is 264 g/mol. The highest BCUT2D eigenvalue weighted by Gasteiger charge is 2.28. The Morgan fingerprint density at radius 1 is 1.32 bits per heavy atom. The van der Waals surface area contributed by atoms with Gasteiger partial charge in [-0.05, 0) is 37.8 Å². The van der Waals surface area contributed by atoms with E-state index in [1.165, 1.54) is 12.8 Å². The molecule has 1 saturated carbocycles. The molecule has 5 nitrogen and oxygen atoms in total. The molecular formula is C14H20N2O3. The Morgan fingerprint density at radius 2 is 2.05 bits per heavy atom. The van der Waals surface area contributed by atoms with Crippen molar-refractivity contribution < 1.29 is 14.3 Å². The molecule has 0 bridgehead atoms. The van der Waals surface area contributed by atoms with Crippen LogP contribution in [-0.4, -0.2) is 26.3 Å². The highest BCUT2D eigenvalue weighted by atomic mass is 16.5. The molecular weight excluding hydrogens is 244 g/mol. The molecule has 5 heteroatoms. The van der Waals surface area contributed by atoms with E-state index < -0.39 is 0 Å². The lowest BCUT2D eigenvalue weighted by Crippen LogP contribution is -2.37. The van der Waals surface area contributed by atoms with Crippen molar-refractivity contribution in [1.29, 1.82) is 0 Å². The number of nitrogens with one attached hydrogen (secondary N) is 2. The minimum atomic E-state index is -0.217. The number of ether oxygens (including phenoxy) is 2. The van der Waals surface area contributed by atoms with Crippen LogP contribution >= 0.6 is 0 Å². The van der Waals surface area contributed by atoms with E-state index in [0.29, 0.717) is 23.1 Å². The number of methoxy groups -OCH3 is 2. The number of rotatable bonds is 5. The Bertz CT molecular complexity index is 458. The van der Waals surface area contributed by atoms with Crippen LogP contribution in [0.1, 0.15) is 19.8 Å². The van der Waals surface area contributed by atoms with Gasteiger partial charge in [0, 0.05) is 12.1 Å². The number of urea groups is 1. The van der Waals surface area contributed by atoms with Crippen molar-refractivity contribution in [1.82, 2.24) is 5.32 Å². The topological polar surface area (TPSA) is 59.6 Å². The van der Waals surface area contributed by atoms with Crippen molar-refractivity contribution in [3.8, 4) is 11.5 Å². The maximum absolute atomic E-state index is 11.9. The Balaban J connectivity index is 2.01. The molecule has 104 valence electrons. The third kappa shape index (κ3) is 3.53. The van der Waals surface area contributed by atoms with Gasteiger partial charge in [-0.25, -0.2) is 4.79 Å². The van der Waals surface area contributed by atoms with E-state index >= 15 is 0 Å². The largest absolute Gasteiger partial charge is 0.497 e. The van der Waals surface area contributed by atoms with Gasteiger partial charge >= 0.3 is 6.03 Å².